The van der Waals surface area contributed by atoms with Crippen LogP contribution in [0.5, 0.6) is 5.88 Å². The molecule has 0 unspecified atom stereocenters. The molecule has 0 atom stereocenters. The summed E-state index contributed by atoms with van der Waals surface area (Å²) in [7, 11) is 0. The van der Waals surface area contributed by atoms with Gasteiger partial charge < -0.3 is 15.0 Å². The summed E-state index contributed by atoms with van der Waals surface area (Å²) in [5.41, 5.74) is 1.27. The average molecular weight is 334 g/mol. The SMILES string of the molecule is c1ccc2cc(CCOc3cncc(N4CCNCC4)n3)ccc2c1. The summed E-state index contributed by atoms with van der Waals surface area (Å²) in [6, 6.07) is 15.0. The number of fused-ring (bicyclic) bond motifs is 1. The van der Waals surface area contributed by atoms with Crippen molar-refractivity contribution in [3.8, 4) is 5.88 Å². The van der Waals surface area contributed by atoms with Crippen LogP contribution in [-0.2, 0) is 6.42 Å². The Balaban J connectivity index is 1.37. The summed E-state index contributed by atoms with van der Waals surface area (Å²) in [5.74, 6) is 1.49. The van der Waals surface area contributed by atoms with Gasteiger partial charge in [-0.05, 0) is 16.3 Å². The molecule has 1 fully saturated rings. The van der Waals surface area contributed by atoms with Crippen LogP contribution in [0.2, 0.25) is 0 Å². The van der Waals surface area contributed by atoms with Gasteiger partial charge in [0.15, 0.2) is 5.82 Å². The van der Waals surface area contributed by atoms with E-state index in [0.29, 0.717) is 12.5 Å². The lowest BCUT2D eigenvalue weighted by Crippen LogP contribution is -2.43. The molecule has 0 bridgehead atoms. The normalized spacial score (nSPS) is 14.6. The van der Waals surface area contributed by atoms with Crippen LogP contribution in [0.1, 0.15) is 5.56 Å². The Bertz CT molecular complexity index is 846. The number of nitrogens with zero attached hydrogens (tertiary/aromatic N) is 3. The van der Waals surface area contributed by atoms with Crippen molar-refractivity contribution in [2.75, 3.05) is 37.7 Å². The first kappa shape index (κ1) is 15.8. The Hall–Kier alpha value is -2.66. The van der Waals surface area contributed by atoms with Crippen molar-refractivity contribution in [2.45, 2.75) is 6.42 Å². The maximum absolute atomic E-state index is 5.84. The van der Waals surface area contributed by atoms with Crippen molar-refractivity contribution in [1.29, 1.82) is 0 Å². The van der Waals surface area contributed by atoms with Crippen molar-refractivity contribution in [2.24, 2.45) is 0 Å². The lowest BCUT2D eigenvalue weighted by Gasteiger charge is -2.28. The van der Waals surface area contributed by atoms with Gasteiger partial charge >= 0.3 is 0 Å². The number of ether oxygens (including phenoxy) is 1. The molecule has 0 saturated carbocycles. The zero-order chi connectivity index (χ0) is 16.9. The van der Waals surface area contributed by atoms with Crippen LogP contribution < -0.4 is 15.0 Å². The number of piperazine rings is 1. The van der Waals surface area contributed by atoms with Gasteiger partial charge in [-0.3, -0.25) is 4.98 Å². The predicted octanol–water partition coefficient (Wildman–Crippen LogP) is 2.66. The minimum absolute atomic E-state index is 0.594. The van der Waals surface area contributed by atoms with E-state index < -0.39 is 0 Å². The van der Waals surface area contributed by atoms with Crippen LogP contribution in [0.15, 0.2) is 54.9 Å². The van der Waals surface area contributed by atoms with Gasteiger partial charge in [-0.25, -0.2) is 0 Å². The molecule has 3 aromatic rings. The molecule has 1 aromatic heterocycles. The van der Waals surface area contributed by atoms with Gasteiger partial charge in [-0.1, -0.05) is 42.5 Å². The smallest absolute Gasteiger partial charge is 0.234 e. The van der Waals surface area contributed by atoms with Gasteiger partial charge in [0.25, 0.3) is 0 Å². The quantitative estimate of drug-likeness (QED) is 0.777. The summed E-state index contributed by atoms with van der Waals surface area (Å²) < 4.78 is 5.84. The monoisotopic (exact) mass is 334 g/mol. The fraction of sp³-hybridized carbons (Fsp3) is 0.300. The number of nitrogens with one attached hydrogen (secondary N) is 1. The Labute approximate surface area is 147 Å². The van der Waals surface area contributed by atoms with Crippen LogP contribution >= 0.6 is 0 Å². The van der Waals surface area contributed by atoms with Crippen molar-refractivity contribution in [3.63, 3.8) is 0 Å². The van der Waals surface area contributed by atoms with Crippen LogP contribution in [0, 0.1) is 0 Å². The minimum atomic E-state index is 0.594. The molecule has 5 heteroatoms. The largest absolute Gasteiger partial charge is 0.476 e. The van der Waals surface area contributed by atoms with Crippen LogP contribution in [0.3, 0.4) is 0 Å². The number of rotatable bonds is 5. The number of hydrogen-bond donors (Lipinski definition) is 1. The first-order valence-corrected chi connectivity index (χ1v) is 8.77. The van der Waals surface area contributed by atoms with Crippen LogP contribution in [-0.4, -0.2) is 42.8 Å². The van der Waals surface area contributed by atoms with Gasteiger partial charge in [0.1, 0.15) is 0 Å². The highest BCUT2D eigenvalue weighted by Gasteiger charge is 2.12. The molecule has 1 saturated heterocycles. The molecule has 0 spiro atoms. The third-order valence-corrected chi connectivity index (χ3v) is 4.50. The molecule has 5 nitrogen and oxygen atoms in total. The summed E-state index contributed by atoms with van der Waals surface area (Å²) in [6.45, 7) is 4.46. The number of benzene rings is 2. The third-order valence-electron chi connectivity index (χ3n) is 4.50. The summed E-state index contributed by atoms with van der Waals surface area (Å²) in [5, 5.41) is 5.87. The highest BCUT2D eigenvalue weighted by atomic mass is 16.5. The van der Waals surface area contributed by atoms with Crippen LogP contribution in [0.25, 0.3) is 10.8 Å². The first-order chi connectivity index (χ1) is 12.4. The molecule has 1 aliphatic heterocycles. The molecule has 0 radical (unpaired) electrons. The van der Waals surface area contributed by atoms with Crippen molar-refractivity contribution in [3.05, 3.63) is 60.4 Å². The zero-order valence-electron chi connectivity index (χ0n) is 14.2. The minimum Gasteiger partial charge on any atom is -0.476 e. The second kappa shape index (κ2) is 7.49. The maximum Gasteiger partial charge on any atom is 0.234 e. The predicted molar refractivity (Wildman–Crippen MR) is 100 cm³/mol. The highest BCUT2D eigenvalue weighted by Crippen LogP contribution is 2.17. The fourth-order valence-electron chi connectivity index (χ4n) is 3.12. The standard InChI is InChI=1S/C20H22N4O/c1-2-4-18-13-16(5-6-17(18)3-1)7-12-25-20-15-22-14-19(23-20)24-10-8-21-9-11-24/h1-6,13-15,21H,7-12H2. The van der Waals surface area contributed by atoms with Crippen LogP contribution in [0.4, 0.5) is 5.82 Å². The highest BCUT2D eigenvalue weighted by molar-refractivity contribution is 5.82. The van der Waals surface area contributed by atoms with E-state index >= 15 is 0 Å². The van der Waals surface area contributed by atoms with Gasteiger partial charge in [0, 0.05) is 32.6 Å². The van der Waals surface area contributed by atoms with E-state index in [2.05, 4.69) is 62.6 Å². The Morgan fingerprint density at radius 1 is 1.00 bits per heavy atom. The lowest BCUT2D eigenvalue weighted by molar-refractivity contribution is 0.308. The Morgan fingerprint density at radius 3 is 2.72 bits per heavy atom. The molecular weight excluding hydrogens is 312 g/mol. The molecule has 1 N–H and O–H groups in total. The molecule has 2 aromatic carbocycles. The van der Waals surface area contributed by atoms with Gasteiger partial charge in [0.05, 0.1) is 19.0 Å². The summed E-state index contributed by atoms with van der Waals surface area (Å²) >= 11 is 0. The average Bonchev–Trinajstić information content (AvgIpc) is 2.69. The van der Waals surface area contributed by atoms with Gasteiger partial charge in [-0.2, -0.15) is 4.98 Å². The number of hydrogen-bond acceptors (Lipinski definition) is 5. The van der Waals surface area contributed by atoms with E-state index in [0.717, 1.165) is 38.4 Å². The maximum atomic E-state index is 5.84. The Kier molecular flexibility index (Phi) is 4.74. The molecule has 0 aliphatic carbocycles. The van der Waals surface area contributed by atoms with Crippen molar-refractivity contribution in [1.82, 2.24) is 15.3 Å². The Morgan fingerprint density at radius 2 is 1.84 bits per heavy atom. The summed E-state index contributed by atoms with van der Waals surface area (Å²) in [6.07, 6.45) is 4.35. The van der Waals surface area contributed by atoms with Gasteiger partial charge in [0.2, 0.25) is 5.88 Å². The zero-order valence-corrected chi connectivity index (χ0v) is 14.2. The topological polar surface area (TPSA) is 50.3 Å². The van der Waals surface area contributed by atoms with Crippen molar-refractivity contribution >= 4 is 16.6 Å². The molecule has 128 valence electrons. The molecule has 2 heterocycles. The number of aromatic nitrogens is 2. The van der Waals surface area contributed by atoms with Gasteiger partial charge in [-0.15, -0.1) is 0 Å². The number of anilines is 1. The second-order valence-electron chi connectivity index (χ2n) is 6.23. The van der Waals surface area contributed by atoms with E-state index in [-0.39, 0.29) is 0 Å². The summed E-state index contributed by atoms with van der Waals surface area (Å²) in [4.78, 5) is 11.1. The van der Waals surface area contributed by atoms with Crippen molar-refractivity contribution < 1.29 is 4.74 Å². The fourth-order valence-corrected chi connectivity index (χ4v) is 3.12. The van der Waals surface area contributed by atoms with E-state index in [4.69, 9.17) is 4.74 Å². The molecule has 0 amide bonds. The lowest BCUT2D eigenvalue weighted by atomic mass is 10.1. The molecular formula is C20H22N4O. The molecule has 4 rings (SSSR count). The van der Waals surface area contributed by atoms with E-state index in [1.165, 1.54) is 16.3 Å². The first-order valence-electron chi connectivity index (χ1n) is 8.77. The van der Waals surface area contributed by atoms with E-state index in [1.54, 1.807) is 6.20 Å². The third kappa shape index (κ3) is 3.88. The van der Waals surface area contributed by atoms with E-state index in [1.807, 2.05) is 6.20 Å². The second-order valence-corrected chi connectivity index (χ2v) is 6.23. The van der Waals surface area contributed by atoms with E-state index in [9.17, 15) is 0 Å². The molecule has 1 aliphatic rings. The molecule has 25 heavy (non-hydrogen) atoms.